The number of carbonyl (C=O) groups is 3. The number of anilines is 1. The van der Waals surface area contributed by atoms with Crippen LogP contribution in [0.1, 0.15) is 30.5 Å². The normalized spacial score (nSPS) is 24.5. The maximum Gasteiger partial charge on any atom is 0.296 e. The number of likely N-dealkylation sites (N-methyl/N-ethyl adjacent to an activating group) is 2. The van der Waals surface area contributed by atoms with Crippen LogP contribution >= 0.6 is 0 Å². The van der Waals surface area contributed by atoms with Gasteiger partial charge in [-0.15, -0.1) is 0 Å². The number of amides is 2. The Hall–Kier alpha value is -3.65. The van der Waals surface area contributed by atoms with Gasteiger partial charge in [0.1, 0.15) is 17.6 Å². The molecule has 1 saturated heterocycles. The number of ether oxygens (including phenoxy) is 1. The van der Waals surface area contributed by atoms with Crippen molar-refractivity contribution in [2.75, 3.05) is 38.6 Å². The van der Waals surface area contributed by atoms with Crippen molar-refractivity contribution >= 4 is 29.0 Å². The first-order valence-corrected chi connectivity index (χ1v) is 11.9. The summed E-state index contributed by atoms with van der Waals surface area (Å²) in [6.45, 7) is 4.78. The van der Waals surface area contributed by atoms with E-state index in [9.17, 15) is 19.5 Å². The van der Waals surface area contributed by atoms with Crippen molar-refractivity contribution in [1.82, 2.24) is 9.80 Å². The zero-order valence-electron chi connectivity index (χ0n) is 20.4. The number of aliphatic hydroxyl groups excluding tert-OH is 1. The molecule has 2 amide bonds. The molecule has 0 aliphatic carbocycles. The van der Waals surface area contributed by atoms with Gasteiger partial charge in [-0.3, -0.25) is 14.4 Å². The van der Waals surface area contributed by atoms with Gasteiger partial charge in [0.15, 0.2) is 5.54 Å². The number of aliphatic hydroxyl groups is 1. The van der Waals surface area contributed by atoms with Gasteiger partial charge in [0.05, 0.1) is 11.3 Å². The maximum absolute atomic E-state index is 14.1. The molecule has 0 bridgehead atoms. The van der Waals surface area contributed by atoms with Gasteiger partial charge < -0.3 is 24.5 Å². The van der Waals surface area contributed by atoms with Crippen molar-refractivity contribution in [3.63, 3.8) is 0 Å². The summed E-state index contributed by atoms with van der Waals surface area (Å²) >= 11 is 0. The number of benzene rings is 2. The Morgan fingerprint density at radius 2 is 1.91 bits per heavy atom. The first-order valence-electron chi connectivity index (χ1n) is 11.9. The van der Waals surface area contributed by atoms with E-state index in [1.54, 1.807) is 35.2 Å². The van der Waals surface area contributed by atoms with E-state index in [2.05, 4.69) is 0 Å². The van der Waals surface area contributed by atoms with Crippen LogP contribution in [0.15, 0.2) is 48.0 Å². The van der Waals surface area contributed by atoms with E-state index in [4.69, 9.17) is 4.74 Å². The largest absolute Gasteiger partial charge is 0.507 e. The molecule has 0 unspecified atom stereocenters. The molecule has 5 rings (SSSR count). The molecule has 3 aliphatic heterocycles. The van der Waals surface area contributed by atoms with Gasteiger partial charge in [0, 0.05) is 37.2 Å². The molecule has 3 aliphatic rings. The molecule has 8 heteroatoms. The highest BCUT2D eigenvalue weighted by Crippen LogP contribution is 2.53. The SMILES string of the molecule is CCN1C(=O)[C@@]2(C(=C(O)c3ccc4c(c3)C[C@H](C)O4)C(=O)C(=O)N2CCN(C)C)c2ccccc21. The summed E-state index contributed by atoms with van der Waals surface area (Å²) in [6, 6.07) is 12.4. The van der Waals surface area contributed by atoms with Gasteiger partial charge in [-0.05, 0) is 57.8 Å². The standard InChI is InChI=1S/C27H29N3O5/c1-5-29-20-9-7-6-8-19(20)27(26(29)34)22(24(32)25(33)30(27)13-12-28(3)4)23(31)17-10-11-21-18(15-17)14-16(2)35-21/h6-11,15-16,31H,5,12-14H2,1-4H3/t16-,27-/m0/s1. The molecule has 2 aromatic carbocycles. The van der Waals surface area contributed by atoms with E-state index >= 15 is 0 Å². The number of Topliss-reactive ketones (excluding diaryl/α,β-unsaturated/α-hetero) is 1. The van der Waals surface area contributed by atoms with Crippen LogP contribution in [0, 0.1) is 0 Å². The maximum atomic E-state index is 14.1. The minimum absolute atomic E-state index is 0.0130. The fourth-order valence-corrected chi connectivity index (χ4v) is 5.49. The van der Waals surface area contributed by atoms with Gasteiger partial charge in [0.25, 0.3) is 17.6 Å². The molecule has 0 aromatic heterocycles. The average Bonchev–Trinajstić information content (AvgIpc) is 3.40. The Morgan fingerprint density at radius 3 is 2.63 bits per heavy atom. The first-order chi connectivity index (χ1) is 16.7. The summed E-state index contributed by atoms with van der Waals surface area (Å²) in [4.78, 5) is 45.9. The van der Waals surface area contributed by atoms with Crippen LogP contribution in [0.5, 0.6) is 5.75 Å². The highest BCUT2D eigenvalue weighted by atomic mass is 16.5. The Kier molecular flexibility index (Phi) is 5.44. The molecule has 0 saturated carbocycles. The fraction of sp³-hybridized carbons (Fsp3) is 0.370. The number of carbonyl (C=O) groups excluding carboxylic acids is 3. The monoisotopic (exact) mass is 475 g/mol. The zero-order valence-corrected chi connectivity index (χ0v) is 20.4. The Balaban J connectivity index is 1.77. The summed E-state index contributed by atoms with van der Waals surface area (Å²) in [7, 11) is 3.72. The second kappa shape index (κ2) is 8.23. The molecule has 1 fully saturated rings. The van der Waals surface area contributed by atoms with Crippen LogP contribution in [0.4, 0.5) is 5.69 Å². The smallest absolute Gasteiger partial charge is 0.296 e. The molecule has 8 nitrogen and oxygen atoms in total. The third-order valence-corrected chi connectivity index (χ3v) is 7.07. The lowest BCUT2D eigenvalue weighted by Gasteiger charge is -2.35. The second-order valence-corrected chi connectivity index (χ2v) is 9.54. The van der Waals surface area contributed by atoms with Crippen LogP contribution in [0.3, 0.4) is 0 Å². The summed E-state index contributed by atoms with van der Waals surface area (Å²) < 4.78 is 5.77. The minimum Gasteiger partial charge on any atom is -0.507 e. The van der Waals surface area contributed by atoms with Crippen molar-refractivity contribution in [3.8, 4) is 5.75 Å². The van der Waals surface area contributed by atoms with Gasteiger partial charge in [0.2, 0.25) is 0 Å². The predicted octanol–water partition coefficient (Wildman–Crippen LogP) is 2.51. The Bertz CT molecular complexity index is 1280. The van der Waals surface area contributed by atoms with Crippen LogP contribution in [-0.2, 0) is 26.3 Å². The lowest BCUT2D eigenvalue weighted by atomic mass is 9.81. The van der Waals surface area contributed by atoms with Crippen molar-refractivity contribution in [3.05, 3.63) is 64.7 Å². The van der Waals surface area contributed by atoms with E-state index in [1.165, 1.54) is 4.90 Å². The molecule has 3 heterocycles. The molecular formula is C27H29N3O5. The molecule has 2 atom stereocenters. The topological polar surface area (TPSA) is 90.4 Å². The minimum atomic E-state index is -1.72. The lowest BCUT2D eigenvalue weighted by Crippen LogP contribution is -2.53. The van der Waals surface area contributed by atoms with Crippen LogP contribution < -0.4 is 9.64 Å². The number of rotatable bonds is 5. The Morgan fingerprint density at radius 1 is 1.17 bits per heavy atom. The molecular weight excluding hydrogens is 446 g/mol. The second-order valence-electron chi connectivity index (χ2n) is 9.54. The van der Waals surface area contributed by atoms with Gasteiger partial charge in [-0.1, -0.05) is 18.2 Å². The van der Waals surface area contributed by atoms with Gasteiger partial charge in [-0.2, -0.15) is 0 Å². The highest BCUT2D eigenvalue weighted by molar-refractivity contribution is 6.50. The van der Waals surface area contributed by atoms with E-state index in [0.717, 1.165) is 11.3 Å². The molecule has 0 radical (unpaired) electrons. The molecule has 2 aromatic rings. The number of hydrogen-bond acceptors (Lipinski definition) is 6. The van der Waals surface area contributed by atoms with Crippen LogP contribution in [-0.4, -0.2) is 72.3 Å². The lowest BCUT2D eigenvalue weighted by molar-refractivity contribution is -0.143. The number of fused-ring (bicyclic) bond motifs is 3. The third kappa shape index (κ3) is 3.20. The average molecular weight is 476 g/mol. The van der Waals surface area contributed by atoms with E-state index in [0.29, 0.717) is 36.3 Å². The molecule has 1 N–H and O–H groups in total. The quantitative estimate of drug-likeness (QED) is 0.406. The number of ketones is 1. The predicted molar refractivity (Wildman–Crippen MR) is 131 cm³/mol. The summed E-state index contributed by atoms with van der Waals surface area (Å²) in [5, 5.41) is 11.6. The van der Waals surface area contributed by atoms with Gasteiger partial charge in [-0.25, -0.2) is 0 Å². The van der Waals surface area contributed by atoms with Crippen molar-refractivity contribution in [2.45, 2.75) is 31.9 Å². The van der Waals surface area contributed by atoms with Crippen molar-refractivity contribution in [2.24, 2.45) is 0 Å². The van der Waals surface area contributed by atoms with Crippen LogP contribution in [0.2, 0.25) is 0 Å². The summed E-state index contributed by atoms with van der Waals surface area (Å²) in [5.41, 5.74) is 0.561. The van der Waals surface area contributed by atoms with Crippen LogP contribution in [0.25, 0.3) is 5.76 Å². The number of hydrogen-bond donors (Lipinski definition) is 1. The van der Waals surface area contributed by atoms with E-state index in [1.807, 2.05) is 45.0 Å². The zero-order chi connectivity index (χ0) is 25.1. The van der Waals surface area contributed by atoms with E-state index < -0.39 is 23.1 Å². The Labute approximate surface area is 204 Å². The third-order valence-electron chi connectivity index (χ3n) is 7.07. The number of likely N-dealkylation sites (tertiary alicyclic amines) is 1. The van der Waals surface area contributed by atoms with Gasteiger partial charge >= 0.3 is 0 Å². The van der Waals surface area contributed by atoms with E-state index in [-0.39, 0.29) is 24.0 Å². The number of para-hydroxylation sites is 1. The van der Waals surface area contributed by atoms with Crippen molar-refractivity contribution < 1.29 is 24.2 Å². The highest BCUT2D eigenvalue weighted by Gasteiger charge is 2.66. The first kappa shape index (κ1) is 23.1. The summed E-state index contributed by atoms with van der Waals surface area (Å²) in [5.74, 6) is -1.66. The fourth-order valence-electron chi connectivity index (χ4n) is 5.49. The molecule has 182 valence electrons. The molecule has 1 spiro atoms. The number of nitrogens with zero attached hydrogens (tertiary/aromatic N) is 3. The van der Waals surface area contributed by atoms with Crippen molar-refractivity contribution in [1.29, 1.82) is 0 Å². The summed E-state index contributed by atoms with van der Waals surface area (Å²) in [6.07, 6.45) is 0.684. The molecule has 35 heavy (non-hydrogen) atoms.